The first kappa shape index (κ1) is 21.2. The van der Waals surface area contributed by atoms with Gasteiger partial charge in [0, 0.05) is 11.3 Å². The summed E-state index contributed by atoms with van der Waals surface area (Å²) in [6.45, 7) is 4.25. The number of thiophene rings is 1. The number of esters is 1. The zero-order valence-electron chi connectivity index (χ0n) is 17.3. The van der Waals surface area contributed by atoms with Crippen molar-refractivity contribution in [2.45, 2.75) is 48.7 Å². The lowest BCUT2D eigenvalue weighted by atomic mass is 9.79. The van der Waals surface area contributed by atoms with Crippen LogP contribution < -0.4 is 0 Å². The summed E-state index contributed by atoms with van der Waals surface area (Å²) < 4.78 is 6.38. The van der Waals surface area contributed by atoms with Gasteiger partial charge in [0.1, 0.15) is 4.88 Å². The molecule has 2 aromatic carbocycles. The molecule has 0 bridgehead atoms. The molecule has 156 valence electrons. The van der Waals surface area contributed by atoms with Gasteiger partial charge in [-0.3, -0.25) is 0 Å². The van der Waals surface area contributed by atoms with Gasteiger partial charge in [0.2, 0.25) is 0 Å². The smallest absolute Gasteiger partial charge is 0.348 e. The summed E-state index contributed by atoms with van der Waals surface area (Å²) in [6.07, 6.45) is 0.859. The average molecular weight is 439 g/mol. The topological polar surface area (TPSA) is 46.5 Å². The van der Waals surface area contributed by atoms with Gasteiger partial charge in [0.05, 0.1) is 16.9 Å². The van der Waals surface area contributed by atoms with Crippen molar-refractivity contribution in [1.82, 2.24) is 0 Å². The van der Waals surface area contributed by atoms with Crippen molar-refractivity contribution >= 4 is 29.1 Å². The second-order valence-corrected chi connectivity index (χ2v) is 9.93. The Hall–Kier alpha value is -2.08. The van der Waals surface area contributed by atoms with Crippen LogP contribution in [0.4, 0.5) is 0 Å². The molecule has 0 saturated heterocycles. The molecule has 0 fully saturated rings. The van der Waals surface area contributed by atoms with E-state index in [1.54, 1.807) is 11.8 Å². The van der Waals surface area contributed by atoms with Gasteiger partial charge in [-0.15, -0.1) is 23.1 Å². The van der Waals surface area contributed by atoms with Gasteiger partial charge in [0.25, 0.3) is 0 Å². The maximum absolute atomic E-state index is 12.7. The molecule has 3 nitrogen and oxygen atoms in total. The lowest BCUT2D eigenvalue weighted by Gasteiger charge is -2.28. The fraction of sp³-hybridized carbons (Fsp3) is 0.320. The highest BCUT2D eigenvalue weighted by Crippen LogP contribution is 2.49. The Morgan fingerprint density at radius 1 is 1.17 bits per heavy atom. The molecular weight excluding hydrogens is 412 g/mol. The van der Waals surface area contributed by atoms with Gasteiger partial charge >= 0.3 is 5.97 Å². The van der Waals surface area contributed by atoms with E-state index < -0.39 is 6.10 Å². The largest absolute Gasteiger partial charge is 0.462 e. The molecule has 3 aromatic rings. The van der Waals surface area contributed by atoms with Gasteiger partial charge in [-0.05, 0) is 49.3 Å². The van der Waals surface area contributed by atoms with Gasteiger partial charge in [-0.25, -0.2) is 4.79 Å². The molecule has 1 heterocycles. The minimum atomic E-state index is -0.572. The molecular formula is C25H26O3S2. The second kappa shape index (κ2) is 9.38. The van der Waals surface area contributed by atoms with E-state index in [9.17, 15) is 9.90 Å². The van der Waals surface area contributed by atoms with Crippen LogP contribution in [0.1, 0.15) is 62.9 Å². The lowest BCUT2D eigenvalue weighted by molar-refractivity contribution is 0.0530. The number of ether oxygens (including phenoxy) is 1. The first-order valence-corrected chi connectivity index (χ1v) is 12.1. The maximum atomic E-state index is 12.7. The van der Waals surface area contributed by atoms with Crippen molar-refractivity contribution in [3.05, 3.63) is 87.3 Å². The van der Waals surface area contributed by atoms with Gasteiger partial charge in [-0.1, -0.05) is 60.2 Å². The average Bonchev–Trinajstić information content (AvgIpc) is 3.13. The van der Waals surface area contributed by atoms with Crippen LogP contribution in [0, 0.1) is 6.92 Å². The number of rotatable bonds is 6. The summed E-state index contributed by atoms with van der Waals surface area (Å²) in [5, 5.41) is 11.1. The molecule has 1 aromatic heterocycles. The van der Waals surface area contributed by atoms with E-state index in [0.717, 1.165) is 27.5 Å². The minimum Gasteiger partial charge on any atom is -0.462 e. The number of thioether (sulfide) groups is 1. The summed E-state index contributed by atoms with van der Waals surface area (Å²) in [4.78, 5) is 13.3. The van der Waals surface area contributed by atoms with Gasteiger partial charge in [-0.2, -0.15) is 0 Å². The summed E-state index contributed by atoms with van der Waals surface area (Å²) in [6, 6.07) is 18.8. The lowest BCUT2D eigenvalue weighted by Crippen LogP contribution is -2.18. The van der Waals surface area contributed by atoms with E-state index in [1.807, 2.05) is 25.1 Å². The molecule has 0 aliphatic heterocycles. The van der Waals surface area contributed by atoms with E-state index in [2.05, 4.69) is 43.3 Å². The van der Waals surface area contributed by atoms with E-state index in [0.29, 0.717) is 17.9 Å². The molecule has 1 aliphatic rings. The Kier molecular flexibility index (Phi) is 6.61. The van der Waals surface area contributed by atoms with Crippen molar-refractivity contribution in [2.75, 3.05) is 6.61 Å². The number of carbonyl (C=O) groups is 1. The number of hydrogen-bond acceptors (Lipinski definition) is 5. The Labute approximate surface area is 186 Å². The molecule has 0 amide bonds. The number of hydrogen-bond donors (Lipinski definition) is 1. The molecule has 1 N–H and O–H groups in total. The van der Waals surface area contributed by atoms with Gasteiger partial charge < -0.3 is 9.84 Å². The number of carbonyl (C=O) groups excluding carboxylic acids is 1. The summed E-state index contributed by atoms with van der Waals surface area (Å²) in [5.41, 5.74) is 5.57. The molecule has 0 spiro atoms. The highest BCUT2D eigenvalue weighted by Gasteiger charge is 2.35. The highest BCUT2D eigenvalue weighted by molar-refractivity contribution is 8.00. The fourth-order valence-electron chi connectivity index (χ4n) is 4.00. The molecule has 5 heteroatoms. The second-order valence-electron chi connectivity index (χ2n) is 7.67. The molecule has 0 saturated carbocycles. The summed E-state index contributed by atoms with van der Waals surface area (Å²) in [5.74, 6) is 0.731. The number of aliphatic hydroxyl groups is 1. The van der Waals surface area contributed by atoms with Crippen LogP contribution in [0.5, 0.6) is 0 Å². The van der Waals surface area contributed by atoms with E-state index in [-0.39, 0.29) is 11.9 Å². The molecule has 2 atom stereocenters. The first-order valence-electron chi connectivity index (χ1n) is 10.3. The number of aliphatic hydroxyl groups excluding tert-OH is 1. The summed E-state index contributed by atoms with van der Waals surface area (Å²) in [7, 11) is 0. The van der Waals surface area contributed by atoms with E-state index in [4.69, 9.17) is 4.74 Å². The number of benzene rings is 2. The molecule has 4 rings (SSSR count). The van der Waals surface area contributed by atoms with Crippen molar-refractivity contribution < 1.29 is 14.6 Å². The SMILES string of the molecule is CCOC(=O)c1sc(SCc2ccccc2)c2c1C[C@@H](c1ccc(C)cc1)C[C@H]2O. The molecule has 1 aliphatic carbocycles. The van der Waals surface area contributed by atoms with Crippen molar-refractivity contribution in [3.8, 4) is 0 Å². The highest BCUT2D eigenvalue weighted by atomic mass is 32.2. The third kappa shape index (κ3) is 4.48. The molecule has 0 unspecified atom stereocenters. The van der Waals surface area contributed by atoms with Crippen LogP contribution in [0.15, 0.2) is 58.8 Å². The van der Waals surface area contributed by atoms with Crippen molar-refractivity contribution in [3.63, 3.8) is 0 Å². The zero-order valence-corrected chi connectivity index (χ0v) is 18.9. The standard InChI is InChI=1S/C25H26O3S2/c1-3-28-24(27)23-20-13-19(18-11-9-16(2)10-12-18)14-21(26)22(20)25(30-23)29-15-17-7-5-4-6-8-17/h4-12,19,21,26H,3,13-15H2,1-2H3/t19-,21-/m1/s1. The Morgan fingerprint density at radius 2 is 1.90 bits per heavy atom. The zero-order chi connectivity index (χ0) is 21.1. The monoisotopic (exact) mass is 438 g/mol. The molecule has 0 radical (unpaired) electrons. The Morgan fingerprint density at radius 3 is 2.60 bits per heavy atom. The van der Waals surface area contributed by atoms with Crippen LogP contribution in [0.2, 0.25) is 0 Å². The third-order valence-electron chi connectivity index (χ3n) is 5.53. The van der Waals surface area contributed by atoms with Crippen LogP contribution in [0.3, 0.4) is 0 Å². The van der Waals surface area contributed by atoms with E-state index >= 15 is 0 Å². The third-order valence-corrected chi connectivity index (χ3v) is 8.11. The van der Waals surface area contributed by atoms with Crippen molar-refractivity contribution in [1.29, 1.82) is 0 Å². The fourth-order valence-corrected chi connectivity index (χ4v) is 6.58. The quantitative estimate of drug-likeness (QED) is 0.363. The van der Waals surface area contributed by atoms with Crippen LogP contribution in [-0.2, 0) is 16.9 Å². The number of fused-ring (bicyclic) bond motifs is 1. The maximum Gasteiger partial charge on any atom is 0.348 e. The number of aryl methyl sites for hydroxylation is 1. The molecule has 30 heavy (non-hydrogen) atoms. The van der Waals surface area contributed by atoms with Gasteiger partial charge in [0.15, 0.2) is 0 Å². The Bertz CT molecular complexity index is 1010. The normalized spacial score (nSPS) is 18.1. The van der Waals surface area contributed by atoms with Crippen LogP contribution >= 0.6 is 23.1 Å². The predicted molar refractivity (Wildman–Crippen MR) is 123 cm³/mol. The Balaban J connectivity index is 1.66. The predicted octanol–water partition coefficient (Wildman–Crippen LogP) is 6.29. The van der Waals surface area contributed by atoms with E-state index in [1.165, 1.54) is 28.0 Å². The first-order chi connectivity index (χ1) is 14.6. The minimum absolute atomic E-state index is 0.197. The van der Waals surface area contributed by atoms with Crippen molar-refractivity contribution in [2.24, 2.45) is 0 Å². The van der Waals surface area contributed by atoms with Crippen LogP contribution in [-0.4, -0.2) is 17.7 Å². The summed E-state index contributed by atoms with van der Waals surface area (Å²) >= 11 is 3.17. The van der Waals surface area contributed by atoms with Crippen LogP contribution in [0.25, 0.3) is 0 Å².